The zero-order chi connectivity index (χ0) is 12.3. The van der Waals surface area contributed by atoms with E-state index in [1.54, 1.807) is 7.11 Å². The maximum Gasteiger partial charge on any atom is 0.213 e. The first-order chi connectivity index (χ1) is 8.12. The third-order valence-corrected chi connectivity index (χ3v) is 3.79. The van der Waals surface area contributed by atoms with Crippen molar-refractivity contribution in [3.05, 3.63) is 18.3 Å². The van der Waals surface area contributed by atoms with E-state index in [0.29, 0.717) is 17.3 Å². The lowest BCUT2D eigenvalue weighted by Crippen LogP contribution is -2.38. The summed E-state index contributed by atoms with van der Waals surface area (Å²) >= 11 is 0. The Bertz CT molecular complexity index is 359. The highest BCUT2D eigenvalue weighted by molar-refractivity contribution is 5.43. The molecular formula is C14H22N2O. The lowest BCUT2D eigenvalue weighted by molar-refractivity contribution is 0.217. The van der Waals surface area contributed by atoms with E-state index in [1.165, 1.54) is 25.7 Å². The zero-order valence-corrected chi connectivity index (χ0v) is 11.0. The monoisotopic (exact) mass is 234 g/mol. The van der Waals surface area contributed by atoms with Crippen LogP contribution in [0.3, 0.4) is 0 Å². The van der Waals surface area contributed by atoms with Crippen molar-refractivity contribution in [2.24, 2.45) is 5.41 Å². The first-order valence-corrected chi connectivity index (χ1v) is 6.38. The number of hydrogen-bond acceptors (Lipinski definition) is 3. The van der Waals surface area contributed by atoms with Gasteiger partial charge >= 0.3 is 0 Å². The van der Waals surface area contributed by atoms with Gasteiger partial charge in [-0.05, 0) is 24.3 Å². The van der Waals surface area contributed by atoms with Gasteiger partial charge in [0.25, 0.3) is 0 Å². The predicted molar refractivity (Wildman–Crippen MR) is 70.4 cm³/mol. The summed E-state index contributed by atoms with van der Waals surface area (Å²) in [5.41, 5.74) is 1.46. The van der Waals surface area contributed by atoms with Crippen LogP contribution in [0.4, 0.5) is 5.69 Å². The second kappa shape index (κ2) is 4.94. The third kappa shape index (κ3) is 2.90. The summed E-state index contributed by atoms with van der Waals surface area (Å²) in [5, 5.41) is 3.60. The van der Waals surface area contributed by atoms with Crippen LogP contribution in [0.15, 0.2) is 18.3 Å². The predicted octanol–water partition coefficient (Wildman–Crippen LogP) is 3.47. The molecule has 1 N–H and O–H groups in total. The van der Waals surface area contributed by atoms with Gasteiger partial charge in [0.1, 0.15) is 0 Å². The molecule has 0 aliphatic heterocycles. The molecular weight excluding hydrogens is 212 g/mol. The van der Waals surface area contributed by atoms with Gasteiger partial charge in [-0.1, -0.05) is 26.7 Å². The number of methoxy groups -OCH3 is 1. The van der Waals surface area contributed by atoms with E-state index in [9.17, 15) is 0 Å². The summed E-state index contributed by atoms with van der Waals surface area (Å²) < 4.78 is 5.06. The van der Waals surface area contributed by atoms with Gasteiger partial charge in [0.05, 0.1) is 19.0 Å². The van der Waals surface area contributed by atoms with E-state index in [-0.39, 0.29) is 0 Å². The van der Waals surface area contributed by atoms with Crippen LogP contribution >= 0.6 is 0 Å². The van der Waals surface area contributed by atoms with Gasteiger partial charge in [-0.3, -0.25) is 0 Å². The molecule has 0 bridgehead atoms. The zero-order valence-electron chi connectivity index (χ0n) is 11.0. The number of hydrogen-bond donors (Lipinski definition) is 1. The van der Waals surface area contributed by atoms with Gasteiger partial charge in [-0.25, -0.2) is 4.98 Å². The van der Waals surface area contributed by atoms with E-state index in [2.05, 4.69) is 24.1 Å². The summed E-state index contributed by atoms with van der Waals surface area (Å²) in [7, 11) is 1.64. The lowest BCUT2D eigenvalue weighted by atomic mass is 9.73. The van der Waals surface area contributed by atoms with E-state index in [4.69, 9.17) is 4.74 Å². The highest BCUT2D eigenvalue weighted by atomic mass is 16.5. The first-order valence-electron chi connectivity index (χ1n) is 6.38. The number of aromatic nitrogens is 1. The van der Waals surface area contributed by atoms with Gasteiger partial charge < -0.3 is 10.1 Å². The van der Waals surface area contributed by atoms with Crippen LogP contribution in [0.2, 0.25) is 0 Å². The summed E-state index contributed by atoms with van der Waals surface area (Å²) in [6, 6.07) is 4.49. The molecule has 0 radical (unpaired) electrons. The van der Waals surface area contributed by atoms with Crippen LogP contribution < -0.4 is 10.1 Å². The van der Waals surface area contributed by atoms with Crippen molar-refractivity contribution in [3.8, 4) is 5.88 Å². The Labute approximate surface area is 104 Å². The minimum absolute atomic E-state index is 0.373. The fourth-order valence-corrected chi connectivity index (χ4v) is 2.55. The summed E-state index contributed by atoms with van der Waals surface area (Å²) in [6.07, 6.45) is 7.08. The van der Waals surface area contributed by atoms with Crippen molar-refractivity contribution >= 4 is 5.69 Å². The molecule has 94 valence electrons. The number of pyridine rings is 1. The molecule has 1 atom stereocenters. The highest BCUT2D eigenvalue weighted by Gasteiger charge is 2.31. The van der Waals surface area contributed by atoms with Gasteiger partial charge in [0.2, 0.25) is 5.88 Å². The van der Waals surface area contributed by atoms with Crippen molar-refractivity contribution in [3.63, 3.8) is 0 Å². The van der Waals surface area contributed by atoms with Crippen LogP contribution in [0.5, 0.6) is 5.88 Å². The Morgan fingerprint density at radius 2 is 2.18 bits per heavy atom. The molecule has 1 aliphatic carbocycles. The molecule has 1 heterocycles. The molecule has 0 saturated heterocycles. The number of nitrogens with zero attached hydrogens (tertiary/aromatic N) is 1. The smallest absolute Gasteiger partial charge is 0.213 e. The minimum atomic E-state index is 0.373. The second-order valence-electron chi connectivity index (χ2n) is 5.52. The number of rotatable bonds is 3. The Morgan fingerprint density at radius 3 is 2.76 bits per heavy atom. The van der Waals surface area contributed by atoms with Crippen LogP contribution in [-0.4, -0.2) is 18.1 Å². The number of nitrogens with one attached hydrogen (secondary N) is 1. The molecule has 3 nitrogen and oxygen atoms in total. The molecule has 2 rings (SSSR count). The van der Waals surface area contributed by atoms with Crippen molar-refractivity contribution < 1.29 is 4.74 Å². The topological polar surface area (TPSA) is 34.1 Å². The summed E-state index contributed by atoms with van der Waals surface area (Å²) in [4.78, 5) is 4.23. The fraction of sp³-hybridized carbons (Fsp3) is 0.643. The molecule has 1 unspecified atom stereocenters. The largest absolute Gasteiger partial charge is 0.481 e. The third-order valence-electron chi connectivity index (χ3n) is 3.79. The molecule has 0 amide bonds. The standard InChI is InChI=1S/C14H22N2O/c1-14(2)9-5-4-6-12(14)16-11-7-8-13(17-3)15-10-11/h7-8,10,12,16H,4-6,9H2,1-3H3. The van der Waals surface area contributed by atoms with Crippen molar-refractivity contribution in [1.82, 2.24) is 4.98 Å². The average Bonchev–Trinajstić information content (AvgIpc) is 2.33. The van der Waals surface area contributed by atoms with Crippen molar-refractivity contribution in [2.45, 2.75) is 45.6 Å². The maximum absolute atomic E-state index is 5.06. The molecule has 0 spiro atoms. The van der Waals surface area contributed by atoms with Crippen LogP contribution in [-0.2, 0) is 0 Å². The van der Waals surface area contributed by atoms with E-state index in [1.807, 2.05) is 18.3 Å². The van der Waals surface area contributed by atoms with Crippen molar-refractivity contribution in [1.29, 1.82) is 0 Å². The van der Waals surface area contributed by atoms with Gasteiger partial charge in [0.15, 0.2) is 0 Å². The summed E-state index contributed by atoms with van der Waals surface area (Å²) in [6.45, 7) is 4.70. The molecule has 17 heavy (non-hydrogen) atoms. The molecule has 3 heteroatoms. The van der Waals surface area contributed by atoms with E-state index >= 15 is 0 Å². The molecule has 1 aliphatic rings. The normalized spacial score (nSPS) is 23.1. The Balaban J connectivity index is 2.03. The molecule has 1 fully saturated rings. The van der Waals surface area contributed by atoms with E-state index < -0.39 is 0 Å². The van der Waals surface area contributed by atoms with Gasteiger partial charge in [-0.2, -0.15) is 0 Å². The number of ether oxygens (including phenoxy) is 1. The van der Waals surface area contributed by atoms with Crippen LogP contribution in [0, 0.1) is 5.41 Å². The SMILES string of the molecule is COc1ccc(NC2CCCCC2(C)C)cn1. The van der Waals surface area contributed by atoms with Gasteiger partial charge in [-0.15, -0.1) is 0 Å². The fourth-order valence-electron chi connectivity index (χ4n) is 2.55. The van der Waals surface area contributed by atoms with Crippen molar-refractivity contribution in [2.75, 3.05) is 12.4 Å². The molecule has 1 aromatic rings. The van der Waals surface area contributed by atoms with E-state index in [0.717, 1.165) is 5.69 Å². The van der Waals surface area contributed by atoms with Crippen LogP contribution in [0.25, 0.3) is 0 Å². The molecule has 1 aromatic heterocycles. The van der Waals surface area contributed by atoms with Gasteiger partial charge in [0, 0.05) is 12.1 Å². The summed E-state index contributed by atoms with van der Waals surface area (Å²) in [5.74, 6) is 0.665. The second-order valence-corrected chi connectivity index (χ2v) is 5.52. The Kier molecular flexibility index (Phi) is 3.55. The lowest BCUT2D eigenvalue weighted by Gasteiger charge is -2.39. The van der Waals surface area contributed by atoms with Crippen LogP contribution in [0.1, 0.15) is 39.5 Å². The highest BCUT2D eigenvalue weighted by Crippen LogP contribution is 2.37. The first kappa shape index (κ1) is 12.2. The molecule has 0 aromatic carbocycles. The average molecular weight is 234 g/mol. The molecule has 1 saturated carbocycles. The quantitative estimate of drug-likeness (QED) is 0.869. The number of anilines is 1. The minimum Gasteiger partial charge on any atom is -0.481 e. The Hall–Kier alpha value is -1.25. The maximum atomic E-state index is 5.06. The Morgan fingerprint density at radius 1 is 1.35 bits per heavy atom.